The molecule has 0 aliphatic rings. The zero-order valence-electron chi connectivity index (χ0n) is 9.24. The Labute approximate surface area is 110 Å². The van der Waals surface area contributed by atoms with Gasteiger partial charge in [-0.15, -0.1) is 0 Å². The summed E-state index contributed by atoms with van der Waals surface area (Å²) in [5.74, 6) is 0. The van der Waals surface area contributed by atoms with Crippen LogP contribution in [0.3, 0.4) is 0 Å². The molecule has 0 unspecified atom stereocenters. The summed E-state index contributed by atoms with van der Waals surface area (Å²) in [6, 6.07) is 7.46. The standard InChI is InChI=1S/C12H13Cl2N3/c13-10-3-2-9(8-11(10)14)12-4-7-17(16-12)6-1-5-15/h2-4,7-8H,1,5-6,15H2. The highest BCUT2D eigenvalue weighted by molar-refractivity contribution is 6.42. The fraction of sp³-hybridized carbons (Fsp3) is 0.250. The van der Waals surface area contributed by atoms with E-state index in [0.29, 0.717) is 16.6 Å². The Hall–Kier alpha value is -1.03. The largest absolute Gasteiger partial charge is 0.330 e. The first-order valence-corrected chi connectivity index (χ1v) is 6.15. The van der Waals surface area contributed by atoms with E-state index in [9.17, 15) is 0 Å². The summed E-state index contributed by atoms with van der Waals surface area (Å²) >= 11 is 11.8. The number of hydrogen-bond acceptors (Lipinski definition) is 2. The summed E-state index contributed by atoms with van der Waals surface area (Å²) in [7, 11) is 0. The van der Waals surface area contributed by atoms with Gasteiger partial charge in [0.25, 0.3) is 0 Å². The molecular formula is C12H13Cl2N3. The second-order valence-corrected chi connectivity index (χ2v) is 4.55. The summed E-state index contributed by atoms with van der Waals surface area (Å²) in [6.45, 7) is 1.50. The molecule has 0 saturated heterocycles. The molecule has 1 aromatic heterocycles. The van der Waals surface area contributed by atoms with E-state index in [1.807, 2.05) is 29.1 Å². The van der Waals surface area contributed by atoms with Crippen molar-refractivity contribution in [2.24, 2.45) is 5.73 Å². The molecule has 0 amide bonds. The van der Waals surface area contributed by atoms with Gasteiger partial charge in [-0.25, -0.2) is 0 Å². The topological polar surface area (TPSA) is 43.8 Å². The van der Waals surface area contributed by atoms with E-state index in [1.54, 1.807) is 6.07 Å². The monoisotopic (exact) mass is 269 g/mol. The number of benzene rings is 1. The Bertz CT molecular complexity index is 508. The minimum absolute atomic E-state index is 0.542. The van der Waals surface area contributed by atoms with Crippen LogP contribution in [0.5, 0.6) is 0 Å². The highest BCUT2D eigenvalue weighted by Crippen LogP contribution is 2.27. The van der Waals surface area contributed by atoms with Gasteiger partial charge in [0.15, 0.2) is 0 Å². The van der Waals surface area contributed by atoms with Crippen molar-refractivity contribution in [1.82, 2.24) is 9.78 Å². The van der Waals surface area contributed by atoms with E-state index in [2.05, 4.69) is 5.10 Å². The number of rotatable bonds is 4. The Kier molecular flexibility index (Phi) is 4.05. The van der Waals surface area contributed by atoms with Gasteiger partial charge < -0.3 is 5.73 Å². The van der Waals surface area contributed by atoms with Gasteiger partial charge in [0, 0.05) is 18.3 Å². The van der Waals surface area contributed by atoms with E-state index < -0.39 is 0 Å². The van der Waals surface area contributed by atoms with Gasteiger partial charge in [0.2, 0.25) is 0 Å². The molecule has 0 spiro atoms. The lowest BCUT2D eigenvalue weighted by Gasteiger charge is -2.01. The number of aryl methyl sites for hydroxylation is 1. The number of halogens is 2. The maximum absolute atomic E-state index is 5.97. The smallest absolute Gasteiger partial charge is 0.0923 e. The second-order valence-electron chi connectivity index (χ2n) is 3.74. The van der Waals surface area contributed by atoms with Crippen molar-refractivity contribution in [3.63, 3.8) is 0 Å². The summed E-state index contributed by atoms with van der Waals surface area (Å²) in [5.41, 5.74) is 7.31. The Morgan fingerprint density at radius 2 is 2.00 bits per heavy atom. The second kappa shape index (κ2) is 5.54. The van der Waals surface area contributed by atoms with Crippen LogP contribution in [0.1, 0.15) is 6.42 Å². The van der Waals surface area contributed by atoms with E-state index in [4.69, 9.17) is 28.9 Å². The maximum Gasteiger partial charge on any atom is 0.0923 e. The summed E-state index contributed by atoms with van der Waals surface area (Å²) < 4.78 is 1.88. The van der Waals surface area contributed by atoms with Gasteiger partial charge in [-0.05, 0) is 31.2 Å². The molecule has 2 N–H and O–H groups in total. The normalized spacial score (nSPS) is 10.8. The van der Waals surface area contributed by atoms with Crippen molar-refractivity contribution in [2.45, 2.75) is 13.0 Å². The minimum Gasteiger partial charge on any atom is -0.330 e. The molecule has 0 radical (unpaired) electrons. The van der Waals surface area contributed by atoms with Crippen LogP contribution in [0.2, 0.25) is 10.0 Å². The molecule has 0 fully saturated rings. The van der Waals surface area contributed by atoms with Crippen LogP contribution in [0.4, 0.5) is 0 Å². The lowest BCUT2D eigenvalue weighted by atomic mass is 10.2. The van der Waals surface area contributed by atoms with E-state index in [1.165, 1.54) is 0 Å². The van der Waals surface area contributed by atoms with Crippen molar-refractivity contribution < 1.29 is 0 Å². The first-order chi connectivity index (χ1) is 8.20. The van der Waals surface area contributed by atoms with Crippen molar-refractivity contribution in [1.29, 1.82) is 0 Å². The predicted molar refractivity (Wildman–Crippen MR) is 71.4 cm³/mol. The van der Waals surface area contributed by atoms with Crippen LogP contribution >= 0.6 is 23.2 Å². The van der Waals surface area contributed by atoms with Crippen LogP contribution in [-0.2, 0) is 6.54 Å². The molecule has 90 valence electrons. The molecule has 2 aromatic rings. The molecule has 0 atom stereocenters. The minimum atomic E-state index is 0.542. The zero-order valence-corrected chi connectivity index (χ0v) is 10.7. The van der Waals surface area contributed by atoms with E-state index in [-0.39, 0.29) is 0 Å². The van der Waals surface area contributed by atoms with Crippen molar-refractivity contribution in [3.8, 4) is 11.3 Å². The van der Waals surface area contributed by atoms with Crippen LogP contribution < -0.4 is 5.73 Å². The number of aromatic nitrogens is 2. The third-order valence-corrected chi connectivity index (χ3v) is 3.19. The van der Waals surface area contributed by atoms with Gasteiger partial charge >= 0.3 is 0 Å². The molecule has 0 aliphatic carbocycles. The molecule has 1 heterocycles. The maximum atomic E-state index is 5.97. The van der Waals surface area contributed by atoms with Crippen LogP contribution in [-0.4, -0.2) is 16.3 Å². The van der Waals surface area contributed by atoms with Crippen molar-refractivity contribution in [3.05, 3.63) is 40.5 Å². The van der Waals surface area contributed by atoms with Crippen molar-refractivity contribution >= 4 is 23.2 Å². The van der Waals surface area contributed by atoms with Gasteiger partial charge in [-0.2, -0.15) is 5.10 Å². The molecule has 17 heavy (non-hydrogen) atoms. The lowest BCUT2D eigenvalue weighted by Crippen LogP contribution is -2.06. The molecule has 0 bridgehead atoms. The zero-order chi connectivity index (χ0) is 12.3. The van der Waals surface area contributed by atoms with Crippen LogP contribution in [0.15, 0.2) is 30.5 Å². The lowest BCUT2D eigenvalue weighted by molar-refractivity contribution is 0.586. The van der Waals surface area contributed by atoms with E-state index >= 15 is 0 Å². The predicted octanol–water partition coefficient (Wildman–Crippen LogP) is 3.21. The number of nitrogens with zero attached hydrogens (tertiary/aromatic N) is 2. The van der Waals surface area contributed by atoms with Gasteiger partial charge in [-0.3, -0.25) is 4.68 Å². The fourth-order valence-corrected chi connectivity index (χ4v) is 1.85. The third-order valence-electron chi connectivity index (χ3n) is 2.45. The molecule has 0 aliphatic heterocycles. The number of hydrogen-bond donors (Lipinski definition) is 1. The Balaban J connectivity index is 2.21. The van der Waals surface area contributed by atoms with Gasteiger partial charge in [-0.1, -0.05) is 29.3 Å². The number of nitrogens with two attached hydrogens (primary N) is 1. The Morgan fingerprint density at radius 3 is 2.71 bits per heavy atom. The summed E-state index contributed by atoms with van der Waals surface area (Å²) in [5, 5.41) is 5.54. The summed E-state index contributed by atoms with van der Waals surface area (Å²) in [4.78, 5) is 0. The SMILES string of the molecule is NCCCn1ccc(-c2ccc(Cl)c(Cl)c2)n1. The molecule has 1 aromatic carbocycles. The first kappa shape index (κ1) is 12.4. The molecule has 2 rings (SSSR count). The Morgan fingerprint density at radius 1 is 1.18 bits per heavy atom. The molecule has 3 nitrogen and oxygen atoms in total. The molecular weight excluding hydrogens is 257 g/mol. The first-order valence-electron chi connectivity index (χ1n) is 5.39. The molecule has 0 saturated carbocycles. The highest BCUT2D eigenvalue weighted by Gasteiger charge is 2.05. The molecule has 5 heteroatoms. The quantitative estimate of drug-likeness (QED) is 0.927. The highest BCUT2D eigenvalue weighted by atomic mass is 35.5. The van der Waals surface area contributed by atoms with Crippen LogP contribution in [0.25, 0.3) is 11.3 Å². The summed E-state index contributed by atoms with van der Waals surface area (Å²) in [6.07, 6.45) is 2.86. The fourth-order valence-electron chi connectivity index (χ4n) is 1.55. The van der Waals surface area contributed by atoms with Crippen LogP contribution in [0, 0.1) is 0 Å². The average molecular weight is 270 g/mol. The third kappa shape index (κ3) is 3.00. The van der Waals surface area contributed by atoms with Gasteiger partial charge in [0.05, 0.1) is 15.7 Å². The van der Waals surface area contributed by atoms with Crippen molar-refractivity contribution in [2.75, 3.05) is 6.54 Å². The average Bonchev–Trinajstić information content (AvgIpc) is 2.79. The van der Waals surface area contributed by atoms with Gasteiger partial charge in [0.1, 0.15) is 0 Å². The van der Waals surface area contributed by atoms with E-state index in [0.717, 1.165) is 24.2 Å².